The van der Waals surface area contributed by atoms with Crippen LogP contribution in [0.1, 0.15) is 15.5 Å². The van der Waals surface area contributed by atoms with Gasteiger partial charge in [0.25, 0.3) is 5.91 Å². The first-order valence-electron chi connectivity index (χ1n) is 5.03. The lowest BCUT2D eigenvalue weighted by Crippen LogP contribution is -2.25. The Bertz CT molecular complexity index is 498. The van der Waals surface area contributed by atoms with Gasteiger partial charge in [0.05, 0.1) is 0 Å². The van der Waals surface area contributed by atoms with Crippen LogP contribution in [0, 0.1) is 0 Å². The number of pyridine rings is 1. The normalized spacial score (nSPS) is 10.1. The largest absolute Gasteiger partial charge is 0.374 e. The third-order valence-electron chi connectivity index (χ3n) is 2.03. The van der Waals surface area contributed by atoms with Gasteiger partial charge in [0.15, 0.2) is 0 Å². The standard InChI is InChI=1S/C10H11N5OS/c11-10-15-14-9(17-10)8(16)13-6-4-7-3-1-2-5-12-7/h1-3,5H,4,6H2,(H2,11,15)(H,13,16). The molecule has 0 aromatic carbocycles. The molecule has 0 unspecified atom stereocenters. The van der Waals surface area contributed by atoms with Crippen LogP contribution in [-0.2, 0) is 6.42 Å². The van der Waals surface area contributed by atoms with Gasteiger partial charge in [-0.2, -0.15) is 0 Å². The second-order valence-corrected chi connectivity index (χ2v) is 4.28. The number of nitrogen functional groups attached to an aromatic ring is 1. The van der Waals surface area contributed by atoms with Crippen LogP contribution in [0.4, 0.5) is 5.13 Å². The van der Waals surface area contributed by atoms with Gasteiger partial charge in [-0.25, -0.2) is 0 Å². The van der Waals surface area contributed by atoms with Crippen molar-refractivity contribution in [3.05, 3.63) is 35.1 Å². The Hall–Kier alpha value is -2.02. The maximum Gasteiger partial charge on any atom is 0.282 e. The van der Waals surface area contributed by atoms with E-state index >= 15 is 0 Å². The predicted octanol–water partition coefficient (Wildman–Crippen LogP) is 0.488. The molecular formula is C10H11N5OS. The van der Waals surface area contributed by atoms with Crippen molar-refractivity contribution in [3.63, 3.8) is 0 Å². The molecule has 0 aliphatic heterocycles. The summed E-state index contributed by atoms with van der Waals surface area (Å²) in [6.07, 6.45) is 2.41. The number of aromatic nitrogens is 3. The van der Waals surface area contributed by atoms with E-state index < -0.39 is 0 Å². The van der Waals surface area contributed by atoms with Gasteiger partial charge in [-0.15, -0.1) is 10.2 Å². The van der Waals surface area contributed by atoms with E-state index in [9.17, 15) is 4.79 Å². The minimum absolute atomic E-state index is 0.255. The van der Waals surface area contributed by atoms with Gasteiger partial charge in [0.1, 0.15) is 0 Å². The zero-order valence-electron chi connectivity index (χ0n) is 8.96. The molecule has 88 valence electrons. The van der Waals surface area contributed by atoms with Gasteiger partial charge in [0, 0.05) is 24.9 Å². The molecule has 0 atom stereocenters. The van der Waals surface area contributed by atoms with Gasteiger partial charge in [0.2, 0.25) is 10.1 Å². The summed E-state index contributed by atoms with van der Waals surface area (Å²) in [6.45, 7) is 0.509. The molecule has 0 bridgehead atoms. The van der Waals surface area contributed by atoms with Crippen LogP contribution < -0.4 is 11.1 Å². The number of anilines is 1. The van der Waals surface area contributed by atoms with Crippen molar-refractivity contribution in [1.29, 1.82) is 0 Å². The number of amides is 1. The number of carbonyl (C=O) groups is 1. The van der Waals surface area contributed by atoms with E-state index in [1.807, 2.05) is 18.2 Å². The van der Waals surface area contributed by atoms with E-state index in [0.717, 1.165) is 17.0 Å². The van der Waals surface area contributed by atoms with Crippen molar-refractivity contribution >= 4 is 22.4 Å². The molecular weight excluding hydrogens is 238 g/mol. The first-order valence-corrected chi connectivity index (χ1v) is 5.84. The SMILES string of the molecule is Nc1nnc(C(=O)NCCc2ccccn2)s1. The number of nitrogens with one attached hydrogen (secondary N) is 1. The third-order valence-corrected chi connectivity index (χ3v) is 2.78. The highest BCUT2D eigenvalue weighted by molar-refractivity contribution is 7.16. The average molecular weight is 249 g/mol. The average Bonchev–Trinajstić information content (AvgIpc) is 2.77. The van der Waals surface area contributed by atoms with E-state index in [2.05, 4.69) is 20.5 Å². The summed E-state index contributed by atoms with van der Waals surface area (Å²) in [5.74, 6) is -0.255. The molecule has 0 aliphatic rings. The van der Waals surface area contributed by atoms with Gasteiger partial charge in [-0.1, -0.05) is 17.4 Å². The molecule has 7 heteroatoms. The van der Waals surface area contributed by atoms with Crippen LogP contribution >= 0.6 is 11.3 Å². The molecule has 2 heterocycles. The predicted molar refractivity (Wildman–Crippen MR) is 64.6 cm³/mol. The summed E-state index contributed by atoms with van der Waals surface area (Å²) in [4.78, 5) is 15.7. The van der Waals surface area contributed by atoms with Gasteiger partial charge >= 0.3 is 0 Å². The van der Waals surface area contributed by atoms with Crippen molar-refractivity contribution in [2.24, 2.45) is 0 Å². The van der Waals surface area contributed by atoms with Gasteiger partial charge in [-0.05, 0) is 12.1 Å². The molecule has 2 rings (SSSR count). The van der Waals surface area contributed by atoms with Crippen LogP contribution in [0.3, 0.4) is 0 Å². The van der Waals surface area contributed by atoms with Crippen molar-refractivity contribution in [2.75, 3.05) is 12.3 Å². The summed E-state index contributed by atoms with van der Waals surface area (Å²) in [5, 5.41) is 10.5. The highest BCUT2D eigenvalue weighted by Gasteiger charge is 2.10. The van der Waals surface area contributed by atoms with E-state index in [1.54, 1.807) is 6.20 Å². The Balaban J connectivity index is 1.81. The fourth-order valence-corrected chi connectivity index (χ4v) is 1.78. The van der Waals surface area contributed by atoms with Crippen molar-refractivity contribution < 1.29 is 4.79 Å². The molecule has 1 amide bonds. The third kappa shape index (κ3) is 3.22. The number of nitrogens with two attached hydrogens (primary N) is 1. The number of rotatable bonds is 4. The smallest absolute Gasteiger partial charge is 0.282 e. The Kier molecular flexibility index (Phi) is 3.61. The Morgan fingerprint density at radius 2 is 2.29 bits per heavy atom. The second kappa shape index (κ2) is 5.35. The zero-order chi connectivity index (χ0) is 12.1. The molecule has 2 aromatic rings. The molecule has 6 nitrogen and oxygen atoms in total. The van der Waals surface area contributed by atoms with Crippen LogP contribution in [0.5, 0.6) is 0 Å². The molecule has 2 aromatic heterocycles. The van der Waals surface area contributed by atoms with Gasteiger partial charge < -0.3 is 11.1 Å². The van der Waals surface area contributed by atoms with Crippen molar-refractivity contribution in [1.82, 2.24) is 20.5 Å². The Morgan fingerprint density at radius 1 is 1.41 bits per heavy atom. The molecule has 0 saturated heterocycles. The number of hydrogen-bond acceptors (Lipinski definition) is 6. The first kappa shape index (κ1) is 11.5. The van der Waals surface area contributed by atoms with Gasteiger partial charge in [-0.3, -0.25) is 9.78 Å². The number of carbonyl (C=O) groups excluding carboxylic acids is 1. The molecule has 0 aliphatic carbocycles. The topological polar surface area (TPSA) is 93.8 Å². The van der Waals surface area contributed by atoms with Crippen molar-refractivity contribution in [3.8, 4) is 0 Å². The highest BCUT2D eigenvalue weighted by Crippen LogP contribution is 2.10. The maximum absolute atomic E-state index is 11.6. The molecule has 0 radical (unpaired) electrons. The van der Waals surface area contributed by atoms with E-state index in [1.165, 1.54) is 0 Å². The lowest BCUT2D eigenvalue weighted by Gasteiger charge is -2.01. The van der Waals surface area contributed by atoms with Crippen molar-refractivity contribution in [2.45, 2.75) is 6.42 Å². The minimum atomic E-state index is -0.255. The van der Waals surface area contributed by atoms with Crippen LogP contribution in [0.2, 0.25) is 0 Å². The van der Waals surface area contributed by atoms with E-state index in [0.29, 0.717) is 18.1 Å². The van der Waals surface area contributed by atoms with Crippen LogP contribution in [0.15, 0.2) is 24.4 Å². The maximum atomic E-state index is 11.6. The first-order chi connectivity index (χ1) is 8.25. The molecule has 0 fully saturated rings. The fourth-order valence-electron chi connectivity index (χ4n) is 1.25. The lowest BCUT2D eigenvalue weighted by atomic mass is 10.3. The Labute approximate surface area is 102 Å². The molecule has 3 N–H and O–H groups in total. The summed E-state index contributed by atoms with van der Waals surface area (Å²) < 4.78 is 0. The van der Waals surface area contributed by atoms with Crippen LogP contribution in [0.25, 0.3) is 0 Å². The van der Waals surface area contributed by atoms with Crippen LogP contribution in [-0.4, -0.2) is 27.6 Å². The zero-order valence-corrected chi connectivity index (χ0v) is 9.78. The summed E-state index contributed by atoms with van der Waals surface area (Å²) in [7, 11) is 0. The quantitative estimate of drug-likeness (QED) is 0.822. The van der Waals surface area contributed by atoms with E-state index in [4.69, 9.17) is 5.73 Å². The minimum Gasteiger partial charge on any atom is -0.374 e. The monoisotopic (exact) mass is 249 g/mol. The number of nitrogens with zero attached hydrogens (tertiary/aromatic N) is 3. The lowest BCUT2D eigenvalue weighted by molar-refractivity contribution is 0.0953. The summed E-state index contributed by atoms with van der Waals surface area (Å²) >= 11 is 1.07. The fraction of sp³-hybridized carbons (Fsp3) is 0.200. The molecule has 0 saturated carbocycles. The summed E-state index contributed by atoms with van der Waals surface area (Å²) in [6, 6.07) is 5.68. The summed E-state index contributed by atoms with van der Waals surface area (Å²) in [5.41, 5.74) is 6.33. The molecule has 0 spiro atoms. The highest BCUT2D eigenvalue weighted by atomic mass is 32.1. The second-order valence-electron chi connectivity index (χ2n) is 3.27. The molecule has 17 heavy (non-hydrogen) atoms. The Morgan fingerprint density at radius 3 is 2.94 bits per heavy atom. The van der Waals surface area contributed by atoms with E-state index in [-0.39, 0.29) is 10.9 Å². The number of hydrogen-bond donors (Lipinski definition) is 2.